The fourth-order valence-corrected chi connectivity index (χ4v) is 0.938. The standard InChI is InChI=1S/C9H9F3O/c1-6-2-4-7(5-3-6)8(13)9(10,11)12/h2-5,8,13H,1H3/t8-/m0/s1. The molecular weight excluding hydrogens is 181 g/mol. The van der Waals surface area contributed by atoms with Crippen molar-refractivity contribution in [2.24, 2.45) is 0 Å². The summed E-state index contributed by atoms with van der Waals surface area (Å²) in [6, 6.07) is 5.61. The van der Waals surface area contributed by atoms with Crippen molar-refractivity contribution in [3.63, 3.8) is 0 Å². The Balaban J connectivity index is 2.90. The maximum absolute atomic E-state index is 12.0. The quantitative estimate of drug-likeness (QED) is 0.721. The molecule has 0 bridgehead atoms. The van der Waals surface area contributed by atoms with Crippen LogP contribution in [0, 0.1) is 6.92 Å². The average molecular weight is 190 g/mol. The third-order valence-electron chi connectivity index (χ3n) is 1.70. The molecule has 1 aromatic carbocycles. The third kappa shape index (κ3) is 2.45. The monoisotopic (exact) mass is 190 g/mol. The Labute approximate surface area is 73.8 Å². The van der Waals surface area contributed by atoms with E-state index in [1.54, 1.807) is 6.92 Å². The Morgan fingerprint density at radius 3 is 2.00 bits per heavy atom. The summed E-state index contributed by atoms with van der Waals surface area (Å²) in [5.41, 5.74) is 0.733. The maximum Gasteiger partial charge on any atom is 0.418 e. The van der Waals surface area contributed by atoms with Crippen LogP contribution in [0.3, 0.4) is 0 Å². The SMILES string of the molecule is Cc1ccc([C@H](O)C(F)(F)F)cc1. The highest BCUT2D eigenvalue weighted by Crippen LogP contribution is 2.32. The molecule has 0 fully saturated rings. The van der Waals surface area contributed by atoms with Crippen LogP contribution in [0.1, 0.15) is 17.2 Å². The van der Waals surface area contributed by atoms with Gasteiger partial charge in [0.2, 0.25) is 0 Å². The predicted octanol–water partition coefficient (Wildman–Crippen LogP) is 2.59. The van der Waals surface area contributed by atoms with Crippen LogP contribution in [0.4, 0.5) is 13.2 Å². The van der Waals surface area contributed by atoms with Gasteiger partial charge in [-0.05, 0) is 12.5 Å². The lowest BCUT2D eigenvalue weighted by molar-refractivity contribution is -0.206. The van der Waals surface area contributed by atoms with Crippen molar-refractivity contribution in [1.82, 2.24) is 0 Å². The fourth-order valence-electron chi connectivity index (χ4n) is 0.938. The van der Waals surface area contributed by atoms with E-state index in [0.717, 1.165) is 5.56 Å². The largest absolute Gasteiger partial charge is 0.418 e. The van der Waals surface area contributed by atoms with Crippen molar-refractivity contribution in [2.75, 3.05) is 0 Å². The maximum atomic E-state index is 12.0. The number of alkyl halides is 3. The van der Waals surface area contributed by atoms with Gasteiger partial charge in [0.1, 0.15) is 0 Å². The van der Waals surface area contributed by atoms with Gasteiger partial charge in [-0.15, -0.1) is 0 Å². The molecule has 4 heteroatoms. The lowest BCUT2D eigenvalue weighted by Crippen LogP contribution is -2.19. The molecule has 0 unspecified atom stereocenters. The second kappa shape index (κ2) is 3.38. The molecule has 1 aromatic rings. The van der Waals surface area contributed by atoms with Crippen molar-refractivity contribution >= 4 is 0 Å². The van der Waals surface area contributed by atoms with Gasteiger partial charge in [0.25, 0.3) is 0 Å². The molecule has 1 N–H and O–H groups in total. The minimum Gasteiger partial charge on any atom is -0.379 e. The van der Waals surface area contributed by atoms with Gasteiger partial charge in [-0.1, -0.05) is 29.8 Å². The molecule has 0 radical (unpaired) electrons. The van der Waals surface area contributed by atoms with Crippen LogP contribution in [-0.4, -0.2) is 11.3 Å². The molecule has 72 valence electrons. The smallest absolute Gasteiger partial charge is 0.379 e. The van der Waals surface area contributed by atoms with Crippen LogP contribution in [0.25, 0.3) is 0 Å². The molecule has 1 nitrogen and oxygen atoms in total. The second-order valence-electron chi connectivity index (χ2n) is 2.85. The first-order chi connectivity index (χ1) is 5.91. The molecular formula is C9H9F3O. The van der Waals surface area contributed by atoms with Gasteiger partial charge < -0.3 is 5.11 Å². The number of benzene rings is 1. The summed E-state index contributed by atoms with van der Waals surface area (Å²) >= 11 is 0. The first-order valence-electron chi connectivity index (χ1n) is 3.72. The lowest BCUT2D eigenvalue weighted by Gasteiger charge is -2.14. The van der Waals surface area contributed by atoms with Crippen molar-refractivity contribution in [3.8, 4) is 0 Å². The van der Waals surface area contributed by atoms with Crippen LogP contribution in [0.2, 0.25) is 0 Å². The van der Waals surface area contributed by atoms with Crippen molar-refractivity contribution in [1.29, 1.82) is 0 Å². The van der Waals surface area contributed by atoms with Gasteiger partial charge in [-0.25, -0.2) is 0 Å². The Bertz CT molecular complexity index is 276. The zero-order valence-electron chi connectivity index (χ0n) is 6.97. The van der Waals surface area contributed by atoms with Gasteiger partial charge in [-0.2, -0.15) is 13.2 Å². The Kier molecular flexibility index (Phi) is 2.61. The van der Waals surface area contributed by atoms with Gasteiger partial charge in [0, 0.05) is 0 Å². The van der Waals surface area contributed by atoms with E-state index in [0.29, 0.717) is 0 Å². The molecule has 0 aromatic heterocycles. The number of rotatable bonds is 1. The Hall–Kier alpha value is -1.03. The lowest BCUT2D eigenvalue weighted by atomic mass is 10.1. The van der Waals surface area contributed by atoms with Gasteiger partial charge >= 0.3 is 6.18 Å². The van der Waals surface area contributed by atoms with E-state index in [9.17, 15) is 13.2 Å². The molecule has 0 heterocycles. The molecule has 0 saturated carbocycles. The number of aliphatic hydroxyl groups excluding tert-OH is 1. The predicted molar refractivity (Wildman–Crippen MR) is 42.2 cm³/mol. The Morgan fingerprint density at radius 1 is 1.15 bits per heavy atom. The van der Waals surface area contributed by atoms with Crippen LogP contribution in [-0.2, 0) is 0 Å². The molecule has 0 aliphatic heterocycles. The highest BCUT2D eigenvalue weighted by Gasteiger charge is 2.39. The topological polar surface area (TPSA) is 20.2 Å². The molecule has 1 rings (SSSR count). The highest BCUT2D eigenvalue weighted by molar-refractivity contribution is 5.23. The van der Waals surface area contributed by atoms with E-state index in [1.807, 2.05) is 0 Å². The highest BCUT2D eigenvalue weighted by atomic mass is 19.4. The normalized spacial score (nSPS) is 14.2. The second-order valence-corrected chi connectivity index (χ2v) is 2.85. The summed E-state index contributed by atoms with van der Waals surface area (Å²) < 4.78 is 36.0. The summed E-state index contributed by atoms with van der Waals surface area (Å²) in [6.07, 6.45) is -6.97. The molecule has 0 amide bonds. The molecule has 0 spiro atoms. The fraction of sp³-hybridized carbons (Fsp3) is 0.333. The van der Waals surface area contributed by atoms with Crippen LogP contribution in [0.15, 0.2) is 24.3 Å². The summed E-state index contributed by atoms with van der Waals surface area (Å²) in [5.74, 6) is 0. The van der Waals surface area contributed by atoms with E-state index in [2.05, 4.69) is 0 Å². The summed E-state index contributed by atoms with van der Waals surface area (Å²) in [6.45, 7) is 1.77. The first kappa shape index (κ1) is 10.1. The number of aliphatic hydroxyl groups is 1. The van der Waals surface area contributed by atoms with Crippen molar-refractivity contribution in [3.05, 3.63) is 35.4 Å². The average Bonchev–Trinajstić information content (AvgIpc) is 2.03. The van der Waals surface area contributed by atoms with E-state index < -0.39 is 12.3 Å². The number of hydrogen-bond acceptors (Lipinski definition) is 1. The molecule has 0 aliphatic carbocycles. The number of halogens is 3. The molecule has 0 aliphatic rings. The van der Waals surface area contributed by atoms with E-state index in [1.165, 1.54) is 24.3 Å². The van der Waals surface area contributed by atoms with Gasteiger partial charge in [-0.3, -0.25) is 0 Å². The first-order valence-corrected chi connectivity index (χ1v) is 3.72. The zero-order chi connectivity index (χ0) is 10.1. The summed E-state index contributed by atoms with van der Waals surface area (Å²) in [5, 5.41) is 8.82. The minimum absolute atomic E-state index is 0.127. The molecule has 0 saturated heterocycles. The zero-order valence-corrected chi connectivity index (χ0v) is 6.97. The third-order valence-corrected chi connectivity index (χ3v) is 1.70. The number of hydrogen-bond donors (Lipinski definition) is 1. The van der Waals surface area contributed by atoms with E-state index in [4.69, 9.17) is 5.11 Å². The minimum atomic E-state index is -4.59. The Morgan fingerprint density at radius 2 is 1.62 bits per heavy atom. The summed E-state index contributed by atoms with van der Waals surface area (Å²) in [7, 11) is 0. The van der Waals surface area contributed by atoms with Gasteiger partial charge in [0.05, 0.1) is 0 Å². The molecule has 13 heavy (non-hydrogen) atoms. The molecule has 1 atom stereocenters. The van der Waals surface area contributed by atoms with Crippen LogP contribution < -0.4 is 0 Å². The van der Waals surface area contributed by atoms with E-state index >= 15 is 0 Å². The van der Waals surface area contributed by atoms with Crippen molar-refractivity contribution in [2.45, 2.75) is 19.2 Å². The summed E-state index contributed by atoms with van der Waals surface area (Å²) in [4.78, 5) is 0. The van der Waals surface area contributed by atoms with Crippen LogP contribution in [0.5, 0.6) is 0 Å². The number of aryl methyl sites for hydroxylation is 1. The van der Waals surface area contributed by atoms with Crippen LogP contribution >= 0.6 is 0 Å². The van der Waals surface area contributed by atoms with Crippen molar-refractivity contribution < 1.29 is 18.3 Å². The van der Waals surface area contributed by atoms with Gasteiger partial charge in [0.15, 0.2) is 6.10 Å². The van der Waals surface area contributed by atoms with E-state index in [-0.39, 0.29) is 5.56 Å².